The van der Waals surface area contributed by atoms with Crippen LogP contribution in [-0.2, 0) is 16.6 Å². The van der Waals surface area contributed by atoms with Gasteiger partial charge in [-0.3, -0.25) is 4.90 Å². The van der Waals surface area contributed by atoms with E-state index in [4.69, 9.17) is 0 Å². The Balaban J connectivity index is 1.89. The van der Waals surface area contributed by atoms with Crippen molar-refractivity contribution in [1.29, 1.82) is 0 Å². The molecule has 1 aliphatic heterocycles. The van der Waals surface area contributed by atoms with Crippen molar-refractivity contribution in [2.45, 2.75) is 32.4 Å². The topological polar surface area (TPSA) is 40.6 Å². The van der Waals surface area contributed by atoms with Gasteiger partial charge in [0, 0.05) is 25.7 Å². The fraction of sp³-hybridized carbons (Fsp3) is 0.600. The molecule has 1 saturated heterocycles. The number of nitrogens with zero attached hydrogens (tertiary/aromatic N) is 2. The SMILES string of the molecule is Cc1ccc(CN(C)C2CCN(S(C)(=O)=O)CC2)cc1. The molecule has 5 heteroatoms. The van der Waals surface area contributed by atoms with Crippen LogP contribution in [0.2, 0.25) is 0 Å². The van der Waals surface area contributed by atoms with Crippen molar-refractivity contribution in [3.05, 3.63) is 35.4 Å². The van der Waals surface area contributed by atoms with E-state index in [9.17, 15) is 8.42 Å². The fourth-order valence-corrected chi connectivity index (χ4v) is 3.60. The lowest BCUT2D eigenvalue weighted by Crippen LogP contribution is -2.44. The minimum Gasteiger partial charge on any atom is -0.299 e. The van der Waals surface area contributed by atoms with Crippen molar-refractivity contribution in [3.8, 4) is 0 Å². The summed E-state index contributed by atoms with van der Waals surface area (Å²) in [4.78, 5) is 2.34. The van der Waals surface area contributed by atoms with Crippen LogP contribution in [0.1, 0.15) is 24.0 Å². The highest BCUT2D eigenvalue weighted by molar-refractivity contribution is 7.88. The van der Waals surface area contributed by atoms with E-state index in [0.29, 0.717) is 19.1 Å². The van der Waals surface area contributed by atoms with Gasteiger partial charge in [-0.15, -0.1) is 0 Å². The molecule has 1 aromatic carbocycles. The lowest BCUT2D eigenvalue weighted by Gasteiger charge is -2.35. The van der Waals surface area contributed by atoms with Gasteiger partial charge in [0.15, 0.2) is 0 Å². The van der Waals surface area contributed by atoms with Crippen molar-refractivity contribution >= 4 is 10.0 Å². The number of hydrogen-bond donors (Lipinski definition) is 0. The number of aryl methyl sites for hydroxylation is 1. The predicted octanol–water partition coefficient (Wildman–Crippen LogP) is 1.85. The molecule has 0 aromatic heterocycles. The van der Waals surface area contributed by atoms with E-state index in [2.05, 4.69) is 43.1 Å². The van der Waals surface area contributed by atoms with Crippen molar-refractivity contribution in [3.63, 3.8) is 0 Å². The molecule has 112 valence electrons. The Morgan fingerprint density at radius 3 is 2.25 bits per heavy atom. The zero-order valence-electron chi connectivity index (χ0n) is 12.5. The highest BCUT2D eigenvalue weighted by Crippen LogP contribution is 2.19. The zero-order valence-corrected chi connectivity index (χ0v) is 13.4. The standard InChI is InChI=1S/C15H24N2O2S/c1-13-4-6-14(7-5-13)12-16(2)15-8-10-17(11-9-15)20(3,18)19/h4-7,15H,8-12H2,1-3H3. The van der Waals surface area contributed by atoms with Crippen LogP contribution < -0.4 is 0 Å². The van der Waals surface area contributed by atoms with Crippen LogP contribution in [0.5, 0.6) is 0 Å². The first-order chi connectivity index (χ1) is 9.36. The number of hydrogen-bond acceptors (Lipinski definition) is 3. The molecule has 0 bridgehead atoms. The average molecular weight is 296 g/mol. The van der Waals surface area contributed by atoms with Gasteiger partial charge < -0.3 is 0 Å². The molecule has 0 saturated carbocycles. The maximum atomic E-state index is 11.5. The molecule has 1 aliphatic rings. The Bertz CT molecular complexity index is 531. The van der Waals surface area contributed by atoms with Crippen LogP contribution in [0.4, 0.5) is 0 Å². The molecule has 0 unspecified atom stereocenters. The van der Waals surface area contributed by atoms with E-state index in [-0.39, 0.29) is 0 Å². The third-order valence-electron chi connectivity index (χ3n) is 4.07. The van der Waals surface area contributed by atoms with Gasteiger partial charge in [-0.25, -0.2) is 12.7 Å². The van der Waals surface area contributed by atoms with Crippen LogP contribution in [-0.4, -0.2) is 50.1 Å². The van der Waals surface area contributed by atoms with Gasteiger partial charge in [0.25, 0.3) is 0 Å². The number of piperidine rings is 1. The first kappa shape index (κ1) is 15.5. The largest absolute Gasteiger partial charge is 0.299 e. The summed E-state index contributed by atoms with van der Waals surface area (Å²) >= 11 is 0. The molecule has 1 heterocycles. The molecule has 4 nitrogen and oxygen atoms in total. The summed E-state index contributed by atoms with van der Waals surface area (Å²) in [6.45, 7) is 4.29. The summed E-state index contributed by atoms with van der Waals surface area (Å²) in [6, 6.07) is 9.06. The number of rotatable bonds is 4. The van der Waals surface area contributed by atoms with E-state index in [1.165, 1.54) is 17.4 Å². The Hall–Kier alpha value is -0.910. The van der Waals surface area contributed by atoms with Gasteiger partial charge in [-0.2, -0.15) is 0 Å². The van der Waals surface area contributed by atoms with E-state index < -0.39 is 10.0 Å². The minimum absolute atomic E-state index is 0.467. The molecule has 1 aromatic rings. The maximum Gasteiger partial charge on any atom is 0.211 e. The van der Waals surface area contributed by atoms with Crippen LogP contribution in [0.15, 0.2) is 24.3 Å². The third-order valence-corrected chi connectivity index (χ3v) is 5.37. The second-order valence-electron chi connectivity index (χ2n) is 5.79. The first-order valence-corrected chi connectivity index (χ1v) is 8.92. The monoisotopic (exact) mass is 296 g/mol. The summed E-state index contributed by atoms with van der Waals surface area (Å²) < 4.78 is 24.6. The molecule has 1 fully saturated rings. The van der Waals surface area contributed by atoms with Crippen molar-refractivity contribution in [2.75, 3.05) is 26.4 Å². The van der Waals surface area contributed by atoms with Gasteiger partial charge in [0.1, 0.15) is 0 Å². The van der Waals surface area contributed by atoms with Crippen LogP contribution in [0.3, 0.4) is 0 Å². The highest BCUT2D eigenvalue weighted by Gasteiger charge is 2.26. The van der Waals surface area contributed by atoms with Crippen molar-refractivity contribution in [2.24, 2.45) is 0 Å². The quantitative estimate of drug-likeness (QED) is 0.851. The summed E-state index contributed by atoms with van der Waals surface area (Å²) in [5.41, 5.74) is 2.58. The molecule has 0 N–H and O–H groups in total. The molecule has 0 spiro atoms. The first-order valence-electron chi connectivity index (χ1n) is 7.07. The van der Waals surface area contributed by atoms with E-state index in [1.807, 2.05) is 0 Å². The third kappa shape index (κ3) is 4.04. The molecule has 2 rings (SSSR count). The molecule has 0 radical (unpaired) electrons. The second-order valence-corrected chi connectivity index (χ2v) is 7.78. The van der Waals surface area contributed by atoms with Gasteiger partial charge in [0.05, 0.1) is 6.26 Å². The van der Waals surface area contributed by atoms with Gasteiger partial charge in [-0.1, -0.05) is 29.8 Å². The Morgan fingerprint density at radius 2 is 1.75 bits per heavy atom. The molecule has 0 amide bonds. The van der Waals surface area contributed by atoms with Gasteiger partial charge >= 0.3 is 0 Å². The summed E-state index contributed by atoms with van der Waals surface area (Å²) in [6.07, 6.45) is 3.12. The van der Waals surface area contributed by atoms with Gasteiger partial charge in [0.2, 0.25) is 10.0 Å². The number of benzene rings is 1. The molecule has 0 aliphatic carbocycles. The average Bonchev–Trinajstić information content (AvgIpc) is 2.40. The summed E-state index contributed by atoms with van der Waals surface area (Å²) in [5, 5.41) is 0. The van der Waals surface area contributed by atoms with Crippen LogP contribution in [0, 0.1) is 6.92 Å². The van der Waals surface area contributed by atoms with Crippen molar-refractivity contribution in [1.82, 2.24) is 9.21 Å². The zero-order chi connectivity index (χ0) is 14.8. The van der Waals surface area contributed by atoms with Crippen molar-refractivity contribution < 1.29 is 8.42 Å². The van der Waals surface area contributed by atoms with Crippen LogP contribution in [0.25, 0.3) is 0 Å². The summed E-state index contributed by atoms with van der Waals surface area (Å²) in [7, 11) is -0.898. The smallest absolute Gasteiger partial charge is 0.211 e. The number of sulfonamides is 1. The second kappa shape index (κ2) is 6.24. The summed E-state index contributed by atoms with van der Waals surface area (Å²) in [5.74, 6) is 0. The lowest BCUT2D eigenvalue weighted by atomic mass is 10.0. The Labute approximate surface area is 122 Å². The van der Waals surface area contributed by atoms with E-state index in [1.54, 1.807) is 4.31 Å². The maximum absolute atomic E-state index is 11.5. The molecule has 0 atom stereocenters. The van der Waals surface area contributed by atoms with E-state index >= 15 is 0 Å². The predicted molar refractivity (Wildman–Crippen MR) is 82.1 cm³/mol. The molecule has 20 heavy (non-hydrogen) atoms. The molecular formula is C15H24N2O2S. The van der Waals surface area contributed by atoms with Gasteiger partial charge in [-0.05, 0) is 32.4 Å². The lowest BCUT2D eigenvalue weighted by molar-refractivity contribution is 0.162. The highest BCUT2D eigenvalue weighted by atomic mass is 32.2. The Morgan fingerprint density at radius 1 is 1.20 bits per heavy atom. The minimum atomic E-state index is -3.02. The van der Waals surface area contributed by atoms with Crippen LogP contribution >= 0.6 is 0 Å². The fourth-order valence-electron chi connectivity index (χ4n) is 2.73. The van der Waals surface area contributed by atoms with E-state index in [0.717, 1.165) is 19.4 Å². The Kier molecular flexibility index (Phi) is 4.83. The molecular weight excluding hydrogens is 272 g/mol. The normalized spacial score (nSPS) is 18.6.